The van der Waals surface area contributed by atoms with Crippen LogP contribution in [0.2, 0.25) is 0 Å². The molecule has 0 bridgehead atoms. The molecule has 1 amide bonds. The Morgan fingerprint density at radius 2 is 1.95 bits per heavy atom. The maximum Gasteiger partial charge on any atom is 0.255 e. The second-order valence-electron chi connectivity index (χ2n) is 4.32. The lowest BCUT2D eigenvalue weighted by Crippen LogP contribution is -2.14. The molecule has 2 N–H and O–H groups in total. The summed E-state index contributed by atoms with van der Waals surface area (Å²) in [5, 5.41) is 11.9. The van der Waals surface area contributed by atoms with Crippen molar-refractivity contribution in [2.75, 3.05) is 5.32 Å². The number of anilines is 1. The van der Waals surface area contributed by atoms with Crippen LogP contribution in [0.1, 0.15) is 28.4 Å². The van der Waals surface area contributed by atoms with Gasteiger partial charge in [0.1, 0.15) is 0 Å². The van der Waals surface area contributed by atoms with Crippen molar-refractivity contribution in [1.82, 2.24) is 0 Å². The predicted molar refractivity (Wildman–Crippen MR) is 76.1 cm³/mol. The van der Waals surface area contributed by atoms with Crippen LogP contribution in [0.5, 0.6) is 0 Å². The second kappa shape index (κ2) is 6.16. The maximum absolute atomic E-state index is 12.2. The summed E-state index contributed by atoms with van der Waals surface area (Å²) in [6, 6.07) is 14.8. The average Bonchev–Trinajstić information content (AvgIpc) is 2.47. The van der Waals surface area contributed by atoms with E-state index < -0.39 is 0 Å². The first-order valence-corrected chi connectivity index (χ1v) is 6.33. The highest BCUT2D eigenvalue weighted by Crippen LogP contribution is 2.15. The maximum atomic E-state index is 12.2. The van der Waals surface area contributed by atoms with Gasteiger partial charge in [-0.3, -0.25) is 4.79 Å². The van der Waals surface area contributed by atoms with Crippen LogP contribution >= 0.6 is 0 Å². The first kappa shape index (κ1) is 13.3. The van der Waals surface area contributed by atoms with Gasteiger partial charge in [0.25, 0.3) is 5.91 Å². The fourth-order valence-electron chi connectivity index (χ4n) is 2.00. The van der Waals surface area contributed by atoms with Gasteiger partial charge in [-0.15, -0.1) is 0 Å². The molecule has 0 fully saturated rings. The quantitative estimate of drug-likeness (QED) is 0.882. The van der Waals surface area contributed by atoms with E-state index >= 15 is 0 Å². The molecule has 0 aliphatic rings. The van der Waals surface area contributed by atoms with Crippen molar-refractivity contribution in [3.63, 3.8) is 0 Å². The number of hydrogen-bond acceptors (Lipinski definition) is 2. The minimum atomic E-state index is -0.118. The van der Waals surface area contributed by atoms with E-state index in [2.05, 4.69) is 5.32 Å². The Labute approximate surface area is 112 Å². The molecule has 0 spiro atoms. The van der Waals surface area contributed by atoms with Crippen molar-refractivity contribution in [1.29, 1.82) is 0 Å². The smallest absolute Gasteiger partial charge is 0.255 e. The zero-order valence-electron chi connectivity index (χ0n) is 10.9. The van der Waals surface area contributed by atoms with Crippen LogP contribution in [-0.2, 0) is 13.0 Å². The first-order chi connectivity index (χ1) is 9.24. The molecule has 0 aliphatic carbocycles. The Hall–Kier alpha value is -2.13. The number of nitrogens with one attached hydrogen (secondary N) is 1. The van der Waals surface area contributed by atoms with Crippen LogP contribution in [0, 0.1) is 0 Å². The van der Waals surface area contributed by atoms with Crippen molar-refractivity contribution in [2.24, 2.45) is 0 Å². The molecule has 0 heterocycles. The number of benzene rings is 2. The summed E-state index contributed by atoms with van der Waals surface area (Å²) < 4.78 is 0. The zero-order valence-corrected chi connectivity index (χ0v) is 10.9. The second-order valence-corrected chi connectivity index (χ2v) is 4.32. The third-order valence-electron chi connectivity index (χ3n) is 3.01. The van der Waals surface area contributed by atoms with Gasteiger partial charge in [-0.1, -0.05) is 37.3 Å². The molecule has 0 aromatic heterocycles. The molecule has 19 heavy (non-hydrogen) atoms. The number of rotatable bonds is 4. The summed E-state index contributed by atoms with van der Waals surface area (Å²) in [5.41, 5.74) is 3.20. The van der Waals surface area contributed by atoms with Gasteiger partial charge in [-0.2, -0.15) is 0 Å². The highest BCUT2D eigenvalue weighted by molar-refractivity contribution is 6.05. The monoisotopic (exact) mass is 255 g/mol. The number of aliphatic hydroxyl groups excluding tert-OH is 1. The van der Waals surface area contributed by atoms with Gasteiger partial charge in [0.15, 0.2) is 0 Å². The van der Waals surface area contributed by atoms with Gasteiger partial charge in [0, 0.05) is 11.3 Å². The highest BCUT2D eigenvalue weighted by atomic mass is 16.3. The van der Waals surface area contributed by atoms with Gasteiger partial charge in [0.05, 0.1) is 6.61 Å². The molecule has 98 valence electrons. The molecule has 2 aromatic carbocycles. The largest absolute Gasteiger partial charge is 0.392 e. The Balaban J connectivity index is 2.20. The molecule has 2 aromatic rings. The van der Waals surface area contributed by atoms with Crippen molar-refractivity contribution in [3.8, 4) is 0 Å². The molecular weight excluding hydrogens is 238 g/mol. The lowest BCUT2D eigenvalue weighted by Gasteiger charge is -2.09. The van der Waals surface area contributed by atoms with Crippen LogP contribution in [0.25, 0.3) is 0 Å². The van der Waals surface area contributed by atoms with E-state index in [1.165, 1.54) is 0 Å². The zero-order chi connectivity index (χ0) is 13.7. The normalized spacial score (nSPS) is 10.2. The van der Waals surface area contributed by atoms with Gasteiger partial charge in [-0.25, -0.2) is 0 Å². The molecule has 3 heteroatoms. The van der Waals surface area contributed by atoms with E-state index in [-0.39, 0.29) is 12.5 Å². The Morgan fingerprint density at radius 3 is 2.68 bits per heavy atom. The molecule has 0 saturated carbocycles. The van der Waals surface area contributed by atoms with E-state index in [1.807, 2.05) is 49.4 Å². The lowest BCUT2D eigenvalue weighted by atomic mass is 10.0. The molecule has 2 rings (SSSR count). The minimum Gasteiger partial charge on any atom is -0.392 e. The van der Waals surface area contributed by atoms with Gasteiger partial charge in [0.2, 0.25) is 0 Å². The number of carbonyl (C=O) groups is 1. The summed E-state index contributed by atoms with van der Waals surface area (Å²) in [6.45, 7) is 1.99. The van der Waals surface area contributed by atoms with Crippen molar-refractivity contribution >= 4 is 11.6 Å². The van der Waals surface area contributed by atoms with E-state index in [1.54, 1.807) is 6.07 Å². The third-order valence-corrected chi connectivity index (χ3v) is 3.01. The first-order valence-electron chi connectivity index (χ1n) is 6.33. The van der Waals surface area contributed by atoms with Crippen LogP contribution in [0.15, 0.2) is 48.5 Å². The summed E-state index contributed by atoms with van der Waals surface area (Å²) >= 11 is 0. The average molecular weight is 255 g/mol. The number of carbonyl (C=O) groups excluding carboxylic acids is 1. The molecule has 0 atom stereocenters. The summed E-state index contributed by atoms with van der Waals surface area (Å²) in [5.74, 6) is -0.118. The standard InChI is InChI=1S/C16H17NO2/c1-2-13-7-3-4-9-15(13)16(19)17-14-8-5-6-12(10-14)11-18/h3-10,18H,2,11H2,1H3,(H,17,19). The predicted octanol–water partition coefficient (Wildman–Crippen LogP) is 2.99. The fraction of sp³-hybridized carbons (Fsp3) is 0.188. The number of aliphatic hydroxyl groups is 1. The minimum absolute atomic E-state index is 0.0325. The van der Waals surface area contributed by atoms with Crippen LogP contribution < -0.4 is 5.32 Å². The SMILES string of the molecule is CCc1ccccc1C(=O)Nc1cccc(CO)c1. The van der Waals surface area contributed by atoms with E-state index in [9.17, 15) is 4.79 Å². The third kappa shape index (κ3) is 3.20. The topological polar surface area (TPSA) is 49.3 Å². The molecule has 0 radical (unpaired) electrons. The number of hydrogen-bond donors (Lipinski definition) is 2. The van der Waals surface area contributed by atoms with E-state index in [0.29, 0.717) is 11.3 Å². The Morgan fingerprint density at radius 1 is 1.16 bits per heavy atom. The summed E-state index contributed by atoms with van der Waals surface area (Å²) in [4.78, 5) is 12.2. The highest BCUT2D eigenvalue weighted by Gasteiger charge is 2.09. The van der Waals surface area contributed by atoms with Crippen molar-refractivity contribution in [3.05, 3.63) is 65.2 Å². The molecular formula is C16H17NO2. The number of aryl methyl sites for hydroxylation is 1. The van der Waals surface area contributed by atoms with E-state index in [4.69, 9.17) is 5.11 Å². The fourth-order valence-corrected chi connectivity index (χ4v) is 2.00. The summed E-state index contributed by atoms with van der Waals surface area (Å²) in [7, 11) is 0. The molecule has 0 unspecified atom stereocenters. The summed E-state index contributed by atoms with van der Waals surface area (Å²) in [6.07, 6.45) is 0.820. The van der Waals surface area contributed by atoms with Crippen molar-refractivity contribution < 1.29 is 9.90 Å². The molecule has 3 nitrogen and oxygen atoms in total. The Kier molecular flexibility index (Phi) is 4.31. The van der Waals surface area contributed by atoms with Gasteiger partial charge < -0.3 is 10.4 Å². The molecule has 0 aliphatic heterocycles. The van der Waals surface area contributed by atoms with E-state index in [0.717, 1.165) is 17.5 Å². The van der Waals surface area contributed by atoms with Crippen molar-refractivity contribution in [2.45, 2.75) is 20.0 Å². The number of amides is 1. The Bertz CT molecular complexity index is 578. The molecule has 0 saturated heterocycles. The van der Waals surface area contributed by atoms with Crippen LogP contribution in [0.4, 0.5) is 5.69 Å². The van der Waals surface area contributed by atoms with Gasteiger partial charge in [-0.05, 0) is 35.7 Å². The van der Waals surface area contributed by atoms with Crippen LogP contribution in [0.3, 0.4) is 0 Å². The van der Waals surface area contributed by atoms with Gasteiger partial charge >= 0.3 is 0 Å². The lowest BCUT2D eigenvalue weighted by molar-refractivity contribution is 0.102. The van der Waals surface area contributed by atoms with Crippen LogP contribution in [-0.4, -0.2) is 11.0 Å².